The quantitative estimate of drug-likeness (QED) is 0.554. The molecule has 0 saturated heterocycles. The van der Waals surface area contributed by atoms with Crippen molar-refractivity contribution in [2.24, 2.45) is 5.84 Å². The number of hydrogen-bond acceptors (Lipinski definition) is 5. The fourth-order valence-electron chi connectivity index (χ4n) is 2.04. The third-order valence-electron chi connectivity index (χ3n) is 3.25. The van der Waals surface area contributed by atoms with Gasteiger partial charge in [-0.3, -0.25) is 0 Å². The Kier molecular flexibility index (Phi) is 2.93. The molecule has 4 nitrogen and oxygen atoms in total. The van der Waals surface area contributed by atoms with Crippen LogP contribution in [0, 0.1) is 13.8 Å². The Balaban J connectivity index is 2.24. The number of hydrogen-bond donors (Lipinski definition) is 2. The highest BCUT2D eigenvalue weighted by atomic mass is 32.1. The smallest absolute Gasteiger partial charge is 0.163 e. The molecule has 0 radical (unpaired) electrons. The molecule has 3 aromatic rings. The Morgan fingerprint density at radius 2 is 1.95 bits per heavy atom. The van der Waals surface area contributed by atoms with Gasteiger partial charge in [-0.15, -0.1) is 11.3 Å². The first-order valence-electron chi connectivity index (χ1n) is 5.99. The van der Waals surface area contributed by atoms with Crippen molar-refractivity contribution in [3.05, 3.63) is 40.9 Å². The fourth-order valence-corrected chi connectivity index (χ4v) is 2.98. The Bertz CT molecular complexity index is 748. The molecule has 0 fully saturated rings. The maximum absolute atomic E-state index is 5.52. The van der Waals surface area contributed by atoms with Gasteiger partial charge in [0.2, 0.25) is 0 Å². The molecule has 0 spiro atoms. The first-order chi connectivity index (χ1) is 9.20. The van der Waals surface area contributed by atoms with Gasteiger partial charge in [0.15, 0.2) is 5.82 Å². The van der Waals surface area contributed by atoms with Crippen LogP contribution in [0.5, 0.6) is 0 Å². The number of rotatable bonds is 2. The van der Waals surface area contributed by atoms with Gasteiger partial charge in [0.25, 0.3) is 0 Å². The largest absolute Gasteiger partial charge is 0.308 e. The third kappa shape index (κ3) is 1.97. The monoisotopic (exact) mass is 270 g/mol. The van der Waals surface area contributed by atoms with Gasteiger partial charge in [-0.05, 0) is 19.9 Å². The van der Waals surface area contributed by atoms with Crippen molar-refractivity contribution in [2.45, 2.75) is 13.8 Å². The van der Waals surface area contributed by atoms with Crippen LogP contribution < -0.4 is 11.3 Å². The summed E-state index contributed by atoms with van der Waals surface area (Å²) in [6.07, 6.45) is 0. The molecule has 0 aliphatic rings. The molecule has 2 heterocycles. The number of nitrogens with two attached hydrogens (primary N) is 1. The molecule has 0 aliphatic carbocycles. The van der Waals surface area contributed by atoms with Crippen molar-refractivity contribution in [2.75, 3.05) is 5.43 Å². The van der Waals surface area contributed by atoms with E-state index in [1.54, 1.807) is 11.3 Å². The van der Waals surface area contributed by atoms with Gasteiger partial charge in [0, 0.05) is 32.3 Å². The van der Waals surface area contributed by atoms with Gasteiger partial charge in [-0.1, -0.05) is 18.2 Å². The maximum Gasteiger partial charge on any atom is 0.163 e. The summed E-state index contributed by atoms with van der Waals surface area (Å²) in [6, 6.07) is 8.26. The van der Waals surface area contributed by atoms with Crippen LogP contribution in [-0.4, -0.2) is 9.97 Å². The lowest BCUT2D eigenvalue weighted by Crippen LogP contribution is -2.12. The predicted octanol–water partition coefficient (Wildman–Crippen LogP) is 3.26. The van der Waals surface area contributed by atoms with Crippen LogP contribution in [0.25, 0.3) is 21.5 Å². The molecule has 3 N–H and O–H groups in total. The average molecular weight is 270 g/mol. The number of aryl methyl sites for hydroxylation is 1. The number of nitrogens with one attached hydrogen (secondary N) is 1. The Morgan fingerprint density at radius 1 is 1.16 bits per heavy atom. The van der Waals surface area contributed by atoms with E-state index in [1.807, 2.05) is 26.0 Å². The number of benzene rings is 1. The molecule has 19 heavy (non-hydrogen) atoms. The Hall–Kier alpha value is -1.98. The summed E-state index contributed by atoms with van der Waals surface area (Å²) in [5, 5.41) is 3.27. The number of fused-ring (bicyclic) bond motifs is 1. The second kappa shape index (κ2) is 4.60. The van der Waals surface area contributed by atoms with Crippen LogP contribution >= 0.6 is 11.3 Å². The molecule has 3 rings (SSSR count). The molecule has 0 unspecified atom stereocenters. The zero-order chi connectivity index (χ0) is 13.4. The van der Waals surface area contributed by atoms with E-state index in [0.29, 0.717) is 11.6 Å². The lowest BCUT2D eigenvalue weighted by Gasteiger charge is -2.09. The van der Waals surface area contributed by atoms with E-state index in [1.165, 1.54) is 10.1 Å². The van der Waals surface area contributed by atoms with Gasteiger partial charge >= 0.3 is 0 Å². The van der Waals surface area contributed by atoms with E-state index in [0.717, 1.165) is 16.8 Å². The normalized spacial score (nSPS) is 10.9. The molecule has 0 aliphatic heterocycles. The Morgan fingerprint density at radius 3 is 2.74 bits per heavy atom. The second-order valence-electron chi connectivity index (χ2n) is 4.40. The Labute approximate surface area is 115 Å². The molecule has 0 saturated carbocycles. The molecule has 0 atom stereocenters. The fraction of sp³-hybridized carbons (Fsp3) is 0.143. The van der Waals surface area contributed by atoms with Gasteiger partial charge in [-0.25, -0.2) is 15.8 Å². The topological polar surface area (TPSA) is 63.8 Å². The molecular formula is C14H14N4S. The highest BCUT2D eigenvalue weighted by Crippen LogP contribution is 2.33. The third-order valence-corrected chi connectivity index (χ3v) is 4.21. The first kappa shape index (κ1) is 12.1. The molecule has 96 valence electrons. The highest BCUT2D eigenvalue weighted by Gasteiger charge is 2.12. The van der Waals surface area contributed by atoms with Gasteiger partial charge in [-0.2, -0.15) is 0 Å². The van der Waals surface area contributed by atoms with Crippen LogP contribution in [0.3, 0.4) is 0 Å². The van der Waals surface area contributed by atoms with Gasteiger partial charge in [0.05, 0.1) is 0 Å². The van der Waals surface area contributed by atoms with Crippen molar-refractivity contribution in [1.29, 1.82) is 0 Å². The summed E-state index contributed by atoms with van der Waals surface area (Å²) in [4.78, 5) is 9.08. The van der Waals surface area contributed by atoms with Gasteiger partial charge in [0.1, 0.15) is 5.82 Å². The van der Waals surface area contributed by atoms with Crippen LogP contribution in [0.15, 0.2) is 29.6 Å². The van der Waals surface area contributed by atoms with E-state index >= 15 is 0 Å². The first-order valence-corrected chi connectivity index (χ1v) is 6.87. The van der Waals surface area contributed by atoms with Crippen LogP contribution in [0.4, 0.5) is 5.82 Å². The van der Waals surface area contributed by atoms with E-state index in [-0.39, 0.29) is 0 Å². The zero-order valence-corrected chi connectivity index (χ0v) is 11.6. The lowest BCUT2D eigenvalue weighted by atomic mass is 10.1. The van der Waals surface area contributed by atoms with Crippen LogP contribution in [0.2, 0.25) is 0 Å². The standard InChI is InChI=1S/C14H14N4S/c1-8-9(2)16-14(17-13(8)18-15)11-7-19-12-6-4-3-5-10(11)12/h3-7H,15H2,1-2H3,(H,16,17,18). The minimum absolute atomic E-state index is 0.679. The highest BCUT2D eigenvalue weighted by molar-refractivity contribution is 7.17. The van der Waals surface area contributed by atoms with Crippen LogP contribution in [0.1, 0.15) is 11.3 Å². The van der Waals surface area contributed by atoms with Crippen LogP contribution in [-0.2, 0) is 0 Å². The zero-order valence-electron chi connectivity index (χ0n) is 10.8. The van der Waals surface area contributed by atoms with Crippen molar-refractivity contribution in [3.63, 3.8) is 0 Å². The summed E-state index contributed by atoms with van der Waals surface area (Å²) in [5.74, 6) is 6.91. The van der Waals surface area contributed by atoms with E-state index in [9.17, 15) is 0 Å². The SMILES string of the molecule is Cc1nc(-c2csc3ccccc23)nc(NN)c1C. The molecule has 1 aromatic carbocycles. The molecule has 5 heteroatoms. The minimum atomic E-state index is 0.679. The van der Waals surface area contributed by atoms with E-state index in [4.69, 9.17) is 5.84 Å². The number of nitrogen functional groups attached to an aromatic ring is 1. The van der Waals surface area contributed by atoms with Crippen molar-refractivity contribution < 1.29 is 0 Å². The number of thiophene rings is 1. The van der Waals surface area contributed by atoms with Crippen molar-refractivity contribution in [3.8, 4) is 11.4 Å². The summed E-state index contributed by atoms with van der Waals surface area (Å²) in [7, 11) is 0. The lowest BCUT2D eigenvalue weighted by molar-refractivity contribution is 1.06. The molecule has 0 bridgehead atoms. The average Bonchev–Trinajstić information content (AvgIpc) is 2.85. The van der Waals surface area contributed by atoms with E-state index < -0.39 is 0 Å². The number of hydrazine groups is 1. The van der Waals surface area contributed by atoms with Crippen molar-refractivity contribution >= 4 is 27.2 Å². The number of anilines is 1. The summed E-state index contributed by atoms with van der Waals surface area (Å²) in [5.41, 5.74) is 5.61. The number of nitrogens with zero attached hydrogens (tertiary/aromatic N) is 2. The minimum Gasteiger partial charge on any atom is -0.308 e. The summed E-state index contributed by atoms with van der Waals surface area (Å²) >= 11 is 1.70. The van der Waals surface area contributed by atoms with E-state index in [2.05, 4.69) is 32.9 Å². The molecular weight excluding hydrogens is 256 g/mol. The van der Waals surface area contributed by atoms with Crippen molar-refractivity contribution in [1.82, 2.24) is 9.97 Å². The summed E-state index contributed by atoms with van der Waals surface area (Å²) in [6.45, 7) is 3.93. The second-order valence-corrected chi connectivity index (χ2v) is 5.31. The predicted molar refractivity (Wildman–Crippen MR) is 80.1 cm³/mol. The maximum atomic E-state index is 5.52. The summed E-state index contributed by atoms with van der Waals surface area (Å²) < 4.78 is 1.24. The number of aromatic nitrogens is 2. The molecule has 0 amide bonds. The van der Waals surface area contributed by atoms with Gasteiger partial charge < -0.3 is 5.43 Å². The molecule has 2 aromatic heterocycles.